The molecule has 16 heteroatoms. The van der Waals surface area contributed by atoms with Crippen LogP contribution in [0.3, 0.4) is 0 Å². The lowest BCUT2D eigenvalue weighted by atomic mass is 9.85. The highest BCUT2D eigenvalue weighted by molar-refractivity contribution is 7.13. The number of aliphatic hydroxyl groups is 1. The molecule has 6 aromatic rings. The van der Waals surface area contributed by atoms with Crippen LogP contribution in [0.25, 0.3) is 21.6 Å². The second-order valence-electron chi connectivity index (χ2n) is 19.1. The largest absolute Gasteiger partial charge is 0.492 e. The van der Waals surface area contributed by atoms with Crippen molar-refractivity contribution in [1.29, 1.82) is 0 Å². The highest BCUT2D eigenvalue weighted by atomic mass is 32.1. The van der Waals surface area contributed by atoms with Gasteiger partial charge in [-0.3, -0.25) is 19.2 Å². The number of nitrogens with one attached hydrogen (secondary N) is 2. The summed E-state index contributed by atoms with van der Waals surface area (Å²) >= 11 is 1.57. The van der Waals surface area contributed by atoms with E-state index in [2.05, 4.69) is 93.5 Å². The lowest BCUT2D eigenvalue weighted by Crippen LogP contribution is -2.58. The van der Waals surface area contributed by atoms with Gasteiger partial charge in [-0.25, -0.2) is 9.67 Å². The lowest BCUT2D eigenvalue weighted by molar-refractivity contribution is -0.144. The molecular formula is C56H66N8O7S. The third kappa shape index (κ3) is 14.1. The second-order valence-corrected chi connectivity index (χ2v) is 20.0. The molecule has 3 heterocycles. The van der Waals surface area contributed by atoms with Gasteiger partial charge in [0.1, 0.15) is 31.0 Å². The summed E-state index contributed by atoms with van der Waals surface area (Å²) in [6.07, 6.45) is 2.47. The Labute approximate surface area is 426 Å². The Balaban J connectivity index is 0.815. The van der Waals surface area contributed by atoms with Crippen molar-refractivity contribution >= 4 is 46.1 Å². The number of hydrogen-bond donors (Lipinski definition) is 3. The first kappa shape index (κ1) is 52.8. The number of thiazole rings is 1. The van der Waals surface area contributed by atoms with E-state index in [1.54, 1.807) is 34.2 Å². The Kier molecular flexibility index (Phi) is 18.3. The van der Waals surface area contributed by atoms with Gasteiger partial charge in [0, 0.05) is 45.6 Å². The fourth-order valence-electron chi connectivity index (χ4n) is 8.72. The van der Waals surface area contributed by atoms with Crippen LogP contribution in [0.1, 0.15) is 80.6 Å². The number of nitrogens with zero attached hydrogens (tertiary/aromatic N) is 6. The van der Waals surface area contributed by atoms with E-state index in [1.165, 1.54) is 21.6 Å². The van der Waals surface area contributed by atoms with Crippen LogP contribution in [0.5, 0.6) is 5.75 Å². The van der Waals surface area contributed by atoms with E-state index in [9.17, 15) is 24.3 Å². The van der Waals surface area contributed by atoms with Crippen LogP contribution in [0, 0.1) is 12.3 Å². The smallest absolute Gasteiger partial charge is 0.246 e. The number of benzene rings is 4. The summed E-state index contributed by atoms with van der Waals surface area (Å²) in [6.45, 7) is 10.7. The predicted molar refractivity (Wildman–Crippen MR) is 279 cm³/mol. The van der Waals surface area contributed by atoms with Crippen molar-refractivity contribution in [2.75, 3.05) is 40.0 Å². The predicted octanol–water partition coefficient (Wildman–Crippen LogP) is 7.37. The zero-order valence-electron chi connectivity index (χ0n) is 42.0. The van der Waals surface area contributed by atoms with Crippen molar-refractivity contribution < 1.29 is 33.8 Å². The monoisotopic (exact) mass is 994 g/mol. The Morgan fingerprint density at radius 1 is 0.903 bits per heavy atom. The Hall–Kier alpha value is -7.01. The van der Waals surface area contributed by atoms with Gasteiger partial charge in [-0.15, -0.1) is 16.4 Å². The van der Waals surface area contributed by atoms with Crippen LogP contribution in [0.2, 0.25) is 0 Å². The van der Waals surface area contributed by atoms with E-state index >= 15 is 0 Å². The summed E-state index contributed by atoms with van der Waals surface area (Å²) in [5.41, 5.74) is 10.5. The summed E-state index contributed by atoms with van der Waals surface area (Å²) in [5, 5.41) is 24.7. The van der Waals surface area contributed by atoms with E-state index in [4.69, 9.17) is 9.47 Å². The van der Waals surface area contributed by atoms with Gasteiger partial charge in [-0.1, -0.05) is 130 Å². The quantitative estimate of drug-likeness (QED) is 0.0459. The number of aryl methyl sites for hydroxylation is 2. The summed E-state index contributed by atoms with van der Waals surface area (Å²) in [5.74, 6) is -0.655. The molecule has 0 unspecified atom stereocenters. The molecule has 2 aromatic heterocycles. The molecule has 0 radical (unpaired) electrons. The molecule has 3 N–H and O–H groups in total. The summed E-state index contributed by atoms with van der Waals surface area (Å²) < 4.78 is 13.3. The van der Waals surface area contributed by atoms with Gasteiger partial charge in [0.2, 0.25) is 23.6 Å². The fourth-order valence-corrected chi connectivity index (χ4v) is 9.53. The van der Waals surface area contributed by atoms with E-state index in [0.717, 1.165) is 45.0 Å². The fraction of sp³-hybridized carbons (Fsp3) is 0.375. The number of β-amino-alcohol motifs (C(OH)–C–C–N with tert-alkyl or cyclic N) is 1. The average molecular weight is 995 g/mol. The molecule has 4 aromatic carbocycles. The SMILES string of the molecule is CC/C(=C(\c1ccccc1)c1ccc(OCCN(C)C(=O)CCc2cn(CCOCC(=O)N[C@H](C(=O)N3C[C@H](O)C[C@H]3C(=O)NCc3ccc(-c4scnc4C)cc3)C(C)(C)C)nn2)cc1)c1ccccc1. The van der Waals surface area contributed by atoms with Crippen molar-refractivity contribution in [3.8, 4) is 16.2 Å². The molecule has 1 saturated heterocycles. The van der Waals surface area contributed by atoms with Crippen molar-refractivity contribution in [2.24, 2.45) is 5.41 Å². The Morgan fingerprint density at radius 2 is 1.58 bits per heavy atom. The molecule has 0 bridgehead atoms. The van der Waals surface area contributed by atoms with Crippen LogP contribution in [-0.4, -0.2) is 117 Å². The molecule has 7 rings (SSSR count). The van der Waals surface area contributed by atoms with Gasteiger partial charge >= 0.3 is 0 Å². The van der Waals surface area contributed by atoms with Gasteiger partial charge in [-0.05, 0) is 69.9 Å². The highest BCUT2D eigenvalue weighted by Crippen LogP contribution is 2.35. The number of amides is 4. The van der Waals surface area contributed by atoms with Crippen molar-refractivity contribution in [3.05, 3.63) is 155 Å². The number of rotatable bonds is 22. The van der Waals surface area contributed by atoms with E-state index in [0.29, 0.717) is 31.8 Å². The second kappa shape index (κ2) is 24.9. The topological polar surface area (TPSA) is 181 Å². The minimum absolute atomic E-state index is 0.0279. The van der Waals surface area contributed by atoms with Crippen molar-refractivity contribution in [1.82, 2.24) is 40.4 Å². The number of aliphatic hydroxyl groups excluding tert-OH is 1. The number of likely N-dealkylation sites (N-methyl/N-ethyl adjacent to an activating group) is 1. The number of allylic oxidation sites excluding steroid dienone is 1. The molecule has 1 aliphatic heterocycles. The molecule has 0 aliphatic carbocycles. The van der Waals surface area contributed by atoms with E-state index in [1.807, 2.05) is 81.7 Å². The van der Waals surface area contributed by atoms with Gasteiger partial charge in [0.15, 0.2) is 0 Å². The van der Waals surface area contributed by atoms with Crippen LogP contribution in [-0.2, 0) is 43.4 Å². The molecular weight excluding hydrogens is 929 g/mol. The van der Waals surface area contributed by atoms with Gasteiger partial charge in [-0.2, -0.15) is 0 Å². The summed E-state index contributed by atoms with van der Waals surface area (Å²) in [7, 11) is 1.76. The molecule has 15 nitrogen and oxygen atoms in total. The maximum absolute atomic E-state index is 14.0. The number of likely N-dealkylation sites (tertiary alicyclic amines) is 1. The third-order valence-electron chi connectivity index (χ3n) is 12.7. The number of carbonyl (C=O) groups is 4. The minimum atomic E-state index is -0.988. The first-order valence-corrected chi connectivity index (χ1v) is 25.4. The highest BCUT2D eigenvalue weighted by Gasteiger charge is 2.44. The van der Waals surface area contributed by atoms with E-state index < -0.39 is 35.4 Å². The van der Waals surface area contributed by atoms with Gasteiger partial charge in [0.25, 0.3) is 0 Å². The Morgan fingerprint density at radius 3 is 2.24 bits per heavy atom. The molecule has 378 valence electrons. The first-order valence-electron chi connectivity index (χ1n) is 24.5. The third-order valence-corrected chi connectivity index (χ3v) is 13.7. The standard InChI is InChI=1S/C56H66N8O7S/c1-7-47(40-14-10-8-11-15-40)51(41-16-12-9-13-17-41)42-22-25-46(26-23-42)71-31-28-62(6)50(67)27-24-44-34-63(61-60-44)29-30-70-36-49(66)59-53(56(3,4)5)55(69)64-35-45(65)32-48(64)54(68)57-33-39-18-20-43(21-19-39)52-38(2)58-37-72-52/h8-23,25-26,34,37,45,48,53,65H,7,24,27-33,35-36H2,1-6H3,(H,57,68)(H,59,66)/b51-47-/t45-,48+,53-/m1/s1. The number of hydrogen-bond acceptors (Lipinski definition) is 11. The molecule has 0 spiro atoms. The molecule has 0 saturated carbocycles. The molecule has 1 fully saturated rings. The first-order chi connectivity index (χ1) is 34.7. The Bertz CT molecular complexity index is 2770. The molecule has 4 amide bonds. The number of carbonyl (C=O) groups excluding carboxylic acids is 4. The molecule has 72 heavy (non-hydrogen) atoms. The summed E-state index contributed by atoms with van der Waals surface area (Å²) in [4.78, 5) is 62.1. The maximum Gasteiger partial charge on any atom is 0.246 e. The maximum atomic E-state index is 14.0. The average Bonchev–Trinajstić information content (AvgIpc) is 4.14. The number of ether oxygens (including phenoxy) is 2. The zero-order valence-corrected chi connectivity index (χ0v) is 42.9. The van der Waals surface area contributed by atoms with Crippen LogP contribution in [0.15, 0.2) is 121 Å². The van der Waals surface area contributed by atoms with Gasteiger partial charge in [0.05, 0.1) is 47.6 Å². The minimum Gasteiger partial charge on any atom is -0.492 e. The van der Waals surface area contributed by atoms with Gasteiger partial charge < -0.3 is 35.0 Å². The zero-order chi connectivity index (χ0) is 51.2. The van der Waals surface area contributed by atoms with Crippen molar-refractivity contribution in [3.63, 3.8) is 0 Å². The van der Waals surface area contributed by atoms with Crippen LogP contribution < -0.4 is 15.4 Å². The van der Waals surface area contributed by atoms with Crippen molar-refractivity contribution in [2.45, 2.75) is 91.6 Å². The summed E-state index contributed by atoms with van der Waals surface area (Å²) in [6, 6.07) is 35.0. The number of aromatic nitrogens is 4. The van der Waals surface area contributed by atoms with Crippen LogP contribution >= 0.6 is 11.3 Å². The normalized spacial score (nSPS) is 15.4. The van der Waals surface area contributed by atoms with Crippen LogP contribution in [0.4, 0.5) is 0 Å². The lowest BCUT2D eigenvalue weighted by Gasteiger charge is -2.35. The van der Waals surface area contributed by atoms with E-state index in [-0.39, 0.29) is 51.0 Å². The molecule has 3 atom stereocenters. The molecule has 1 aliphatic rings.